The van der Waals surface area contributed by atoms with E-state index in [1.54, 1.807) is 0 Å². The van der Waals surface area contributed by atoms with Crippen molar-refractivity contribution in [1.82, 2.24) is 0 Å². The molecule has 1 atom stereocenters. The van der Waals surface area contributed by atoms with Crippen LogP contribution >= 0.6 is 11.6 Å². The average Bonchev–Trinajstić information content (AvgIpc) is 3.03. The van der Waals surface area contributed by atoms with Gasteiger partial charge in [-0.3, -0.25) is 9.59 Å². The first-order valence-electron chi connectivity index (χ1n) is 8.17. The van der Waals surface area contributed by atoms with Gasteiger partial charge in [-0.15, -0.1) is 0 Å². The van der Waals surface area contributed by atoms with Crippen molar-refractivity contribution < 1.29 is 22.8 Å². The summed E-state index contributed by atoms with van der Waals surface area (Å²) >= 11 is 5.92. The van der Waals surface area contributed by atoms with Crippen molar-refractivity contribution >= 4 is 34.8 Å². The second kappa shape index (κ2) is 7.52. The van der Waals surface area contributed by atoms with Crippen molar-refractivity contribution in [1.29, 1.82) is 5.26 Å². The minimum Gasteiger partial charge on any atom is -0.326 e. The zero-order valence-electron chi connectivity index (χ0n) is 14.3. The van der Waals surface area contributed by atoms with E-state index >= 15 is 0 Å². The molecule has 2 aromatic rings. The summed E-state index contributed by atoms with van der Waals surface area (Å²) < 4.78 is 38.7. The lowest BCUT2D eigenvalue weighted by atomic mass is 10.1. The van der Waals surface area contributed by atoms with Crippen molar-refractivity contribution in [2.45, 2.75) is 12.6 Å². The number of nitrogens with one attached hydrogen (secondary N) is 1. The number of alkyl halides is 3. The van der Waals surface area contributed by atoms with E-state index in [4.69, 9.17) is 16.9 Å². The van der Waals surface area contributed by atoms with E-state index in [0.29, 0.717) is 5.69 Å². The van der Waals surface area contributed by atoms with Crippen LogP contribution in [0.1, 0.15) is 17.5 Å². The fourth-order valence-electron chi connectivity index (χ4n) is 2.91. The van der Waals surface area contributed by atoms with Crippen LogP contribution in [0.25, 0.3) is 0 Å². The monoisotopic (exact) mass is 407 g/mol. The third kappa shape index (κ3) is 4.10. The number of carbonyl (C=O) groups is 2. The van der Waals surface area contributed by atoms with Gasteiger partial charge in [0.1, 0.15) is 6.07 Å². The van der Waals surface area contributed by atoms with Gasteiger partial charge in [-0.25, -0.2) is 0 Å². The summed E-state index contributed by atoms with van der Waals surface area (Å²) in [5.74, 6) is -1.61. The van der Waals surface area contributed by atoms with Gasteiger partial charge in [0.05, 0.1) is 22.1 Å². The molecule has 1 unspecified atom stereocenters. The summed E-state index contributed by atoms with van der Waals surface area (Å²) in [7, 11) is 0. The molecule has 144 valence electrons. The minimum absolute atomic E-state index is 0.0318. The molecule has 1 aliphatic rings. The number of nitriles is 1. The largest absolute Gasteiger partial charge is 0.416 e. The molecule has 0 aromatic heterocycles. The van der Waals surface area contributed by atoms with Crippen molar-refractivity contribution in [3.8, 4) is 6.07 Å². The van der Waals surface area contributed by atoms with Crippen LogP contribution in [0, 0.1) is 17.2 Å². The molecule has 1 fully saturated rings. The molecule has 0 spiro atoms. The van der Waals surface area contributed by atoms with E-state index < -0.39 is 29.5 Å². The smallest absolute Gasteiger partial charge is 0.326 e. The Morgan fingerprint density at radius 1 is 1.25 bits per heavy atom. The third-order valence-corrected chi connectivity index (χ3v) is 4.65. The normalized spacial score (nSPS) is 16.8. The van der Waals surface area contributed by atoms with E-state index in [1.165, 1.54) is 35.2 Å². The number of carbonyl (C=O) groups excluding carboxylic acids is 2. The first-order chi connectivity index (χ1) is 13.2. The molecule has 0 radical (unpaired) electrons. The van der Waals surface area contributed by atoms with Crippen LogP contribution in [-0.4, -0.2) is 18.4 Å². The zero-order chi connectivity index (χ0) is 20.5. The van der Waals surface area contributed by atoms with Gasteiger partial charge in [0.15, 0.2) is 0 Å². The first-order valence-corrected chi connectivity index (χ1v) is 8.55. The Kier molecular flexibility index (Phi) is 5.29. The van der Waals surface area contributed by atoms with Gasteiger partial charge in [-0.1, -0.05) is 17.7 Å². The lowest BCUT2D eigenvalue weighted by Crippen LogP contribution is -2.28. The molecule has 1 heterocycles. The molecule has 2 amide bonds. The highest BCUT2D eigenvalue weighted by Crippen LogP contribution is 2.33. The second-order valence-electron chi connectivity index (χ2n) is 6.25. The Morgan fingerprint density at radius 3 is 2.64 bits per heavy atom. The Labute approximate surface area is 163 Å². The number of benzene rings is 2. The van der Waals surface area contributed by atoms with Crippen molar-refractivity contribution in [3.63, 3.8) is 0 Å². The molecule has 1 N–H and O–H groups in total. The Bertz CT molecular complexity index is 985. The predicted octanol–water partition coefficient (Wildman–Crippen LogP) is 4.22. The van der Waals surface area contributed by atoms with Gasteiger partial charge in [-0.2, -0.15) is 18.4 Å². The van der Waals surface area contributed by atoms with Crippen LogP contribution in [0.5, 0.6) is 0 Å². The summed E-state index contributed by atoms with van der Waals surface area (Å²) in [6, 6.07) is 10.7. The van der Waals surface area contributed by atoms with Crippen LogP contribution in [0.4, 0.5) is 24.5 Å². The number of hydrogen-bond donors (Lipinski definition) is 1. The standard InChI is InChI=1S/C19H13ClF3N3O2/c20-16-8-14(5-4-11(16)9-24)25-18(28)12-6-17(27)26(10-12)15-3-1-2-13(7-15)19(21,22)23/h1-5,7-8,12H,6,10H2,(H,25,28). The number of rotatable bonds is 3. The Hall–Kier alpha value is -3.05. The maximum absolute atomic E-state index is 12.9. The second-order valence-corrected chi connectivity index (χ2v) is 6.66. The van der Waals surface area contributed by atoms with Crippen molar-refractivity contribution in [2.24, 2.45) is 5.92 Å². The van der Waals surface area contributed by atoms with Crippen LogP contribution in [0.2, 0.25) is 5.02 Å². The fourth-order valence-corrected chi connectivity index (χ4v) is 3.13. The number of halogens is 4. The summed E-state index contributed by atoms with van der Waals surface area (Å²) in [6.07, 6.45) is -4.64. The molecular formula is C19H13ClF3N3O2. The summed E-state index contributed by atoms with van der Waals surface area (Å²) in [5, 5.41) is 11.7. The highest BCUT2D eigenvalue weighted by Gasteiger charge is 2.37. The van der Waals surface area contributed by atoms with E-state index in [1.807, 2.05) is 6.07 Å². The van der Waals surface area contributed by atoms with Crippen LogP contribution in [0.3, 0.4) is 0 Å². The molecule has 2 aromatic carbocycles. The maximum Gasteiger partial charge on any atom is 0.416 e. The van der Waals surface area contributed by atoms with Crippen molar-refractivity contribution in [2.75, 3.05) is 16.8 Å². The van der Waals surface area contributed by atoms with Crippen LogP contribution in [-0.2, 0) is 15.8 Å². The molecule has 9 heteroatoms. The molecule has 3 rings (SSSR count). The number of anilines is 2. The summed E-state index contributed by atoms with van der Waals surface area (Å²) in [5.41, 5.74) is -0.153. The van der Waals surface area contributed by atoms with E-state index in [0.717, 1.165) is 12.1 Å². The molecule has 0 bridgehead atoms. The summed E-state index contributed by atoms with van der Waals surface area (Å²) in [6.45, 7) is -0.0318. The molecule has 28 heavy (non-hydrogen) atoms. The lowest BCUT2D eigenvalue weighted by Gasteiger charge is -2.18. The molecule has 0 saturated carbocycles. The van der Waals surface area contributed by atoms with E-state index in [-0.39, 0.29) is 29.2 Å². The number of hydrogen-bond acceptors (Lipinski definition) is 3. The van der Waals surface area contributed by atoms with Gasteiger partial charge >= 0.3 is 6.18 Å². The highest BCUT2D eigenvalue weighted by atomic mass is 35.5. The highest BCUT2D eigenvalue weighted by molar-refractivity contribution is 6.32. The number of amides is 2. The molecular weight excluding hydrogens is 395 g/mol. The number of nitrogens with zero attached hydrogens (tertiary/aromatic N) is 2. The van der Waals surface area contributed by atoms with Crippen LogP contribution < -0.4 is 10.2 Å². The SMILES string of the molecule is N#Cc1ccc(NC(=O)C2CC(=O)N(c3cccc(C(F)(F)F)c3)C2)cc1Cl. The minimum atomic E-state index is -4.52. The summed E-state index contributed by atoms with van der Waals surface area (Å²) in [4.78, 5) is 25.9. The maximum atomic E-state index is 12.9. The predicted molar refractivity (Wildman–Crippen MR) is 96.7 cm³/mol. The Balaban J connectivity index is 1.73. The fraction of sp³-hybridized carbons (Fsp3) is 0.211. The van der Waals surface area contributed by atoms with E-state index in [9.17, 15) is 22.8 Å². The Morgan fingerprint density at radius 2 is 2.00 bits per heavy atom. The molecule has 1 saturated heterocycles. The topological polar surface area (TPSA) is 73.2 Å². The zero-order valence-corrected chi connectivity index (χ0v) is 15.0. The van der Waals surface area contributed by atoms with Gasteiger partial charge < -0.3 is 10.2 Å². The average molecular weight is 408 g/mol. The lowest BCUT2D eigenvalue weighted by molar-refractivity contribution is -0.137. The van der Waals surface area contributed by atoms with Gasteiger partial charge in [-0.05, 0) is 36.4 Å². The first kappa shape index (κ1) is 19.7. The van der Waals surface area contributed by atoms with Crippen LogP contribution in [0.15, 0.2) is 42.5 Å². The van der Waals surface area contributed by atoms with Gasteiger partial charge in [0, 0.05) is 24.3 Å². The molecule has 5 nitrogen and oxygen atoms in total. The van der Waals surface area contributed by atoms with Gasteiger partial charge in [0.25, 0.3) is 0 Å². The molecule has 0 aliphatic carbocycles. The third-order valence-electron chi connectivity index (χ3n) is 4.34. The quantitative estimate of drug-likeness (QED) is 0.827. The van der Waals surface area contributed by atoms with Crippen molar-refractivity contribution in [3.05, 3.63) is 58.6 Å². The van der Waals surface area contributed by atoms with Gasteiger partial charge in [0.2, 0.25) is 11.8 Å². The van der Waals surface area contributed by atoms with E-state index in [2.05, 4.69) is 5.32 Å². The molecule has 1 aliphatic heterocycles.